The van der Waals surface area contributed by atoms with Gasteiger partial charge in [-0.25, -0.2) is 4.79 Å². The molecule has 0 unspecified atom stereocenters. The number of hydrogen-bond acceptors (Lipinski definition) is 7. The molecule has 0 radical (unpaired) electrons. The lowest BCUT2D eigenvalue weighted by Crippen LogP contribution is -2.24. The summed E-state index contributed by atoms with van der Waals surface area (Å²) in [6.07, 6.45) is -1.11. The fraction of sp³-hybridized carbons (Fsp3) is 0.300. The summed E-state index contributed by atoms with van der Waals surface area (Å²) >= 11 is 0. The van der Waals surface area contributed by atoms with Crippen molar-refractivity contribution in [3.63, 3.8) is 0 Å². The maximum atomic E-state index is 12.5. The Labute approximate surface area is 165 Å². The lowest BCUT2D eigenvalue weighted by molar-refractivity contribution is -0.0498. The number of ether oxygens (including phenoxy) is 5. The van der Waals surface area contributed by atoms with Crippen LogP contribution in [0.15, 0.2) is 36.4 Å². The number of ketones is 1. The molecule has 29 heavy (non-hydrogen) atoms. The molecule has 0 saturated heterocycles. The van der Waals surface area contributed by atoms with Gasteiger partial charge in [0.25, 0.3) is 0 Å². The molecule has 1 heterocycles. The van der Waals surface area contributed by atoms with Gasteiger partial charge in [-0.1, -0.05) is 0 Å². The van der Waals surface area contributed by atoms with Crippen LogP contribution in [0.25, 0.3) is 0 Å². The molecule has 1 aliphatic rings. The smallest absolute Gasteiger partial charge is 0.387 e. The van der Waals surface area contributed by atoms with Gasteiger partial charge in [-0.15, -0.1) is 0 Å². The van der Waals surface area contributed by atoms with Crippen molar-refractivity contribution in [2.45, 2.75) is 19.6 Å². The molecule has 0 aliphatic carbocycles. The topological polar surface area (TPSA) is 80.3 Å². The number of Topliss-reactive ketones (excluding diaryl/α,β-unsaturated/α-hetero) is 1. The summed E-state index contributed by atoms with van der Waals surface area (Å²) in [5.74, 6) is -0.278. The quantitative estimate of drug-likeness (QED) is 0.512. The number of carbonyl (C=O) groups excluding carboxylic acids is 2. The maximum absolute atomic E-state index is 12.5. The molecule has 2 aromatic carbocycles. The summed E-state index contributed by atoms with van der Waals surface area (Å²) in [5, 5.41) is 0. The number of hydrogen-bond donors (Lipinski definition) is 0. The summed E-state index contributed by atoms with van der Waals surface area (Å²) in [7, 11) is 1.43. The monoisotopic (exact) mass is 408 g/mol. The van der Waals surface area contributed by atoms with Crippen LogP contribution in [-0.4, -0.2) is 44.8 Å². The molecule has 3 rings (SSSR count). The fourth-order valence-corrected chi connectivity index (χ4v) is 2.71. The van der Waals surface area contributed by atoms with Gasteiger partial charge in [0.2, 0.25) is 11.5 Å². The number of halogens is 2. The Kier molecular flexibility index (Phi) is 6.16. The molecular weight excluding hydrogens is 390 g/mol. The fourth-order valence-electron chi connectivity index (χ4n) is 2.71. The zero-order valence-corrected chi connectivity index (χ0v) is 15.6. The first kappa shape index (κ1) is 20.4. The lowest BCUT2D eigenvalue weighted by atomic mass is 10.1. The van der Waals surface area contributed by atoms with Crippen LogP contribution >= 0.6 is 0 Å². The average Bonchev–Trinajstić information content (AvgIpc) is 2.72. The highest BCUT2D eigenvalue weighted by atomic mass is 19.3. The normalized spacial score (nSPS) is 13.6. The average molecular weight is 408 g/mol. The molecule has 7 nitrogen and oxygen atoms in total. The number of esters is 1. The molecule has 0 amide bonds. The molecule has 0 N–H and O–H groups in total. The predicted molar refractivity (Wildman–Crippen MR) is 96.3 cm³/mol. The lowest BCUT2D eigenvalue weighted by Gasteiger charge is -2.21. The molecule has 0 bridgehead atoms. The van der Waals surface area contributed by atoms with Gasteiger partial charge in [-0.3, -0.25) is 4.79 Å². The van der Waals surface area contributed by atoms with Gasteiger partial charge in [0.15, 0.2) is 17.6 Å². The van der Waals surface area contributed by atoms with E-state index in [2.05, 4.69) is 4.74 Å². The molecule has 9 heteroatoms. The summed E-state index contributed by atoms with van der Waals surface area (Å²) in [5.41, 5.74) is 0.318. The first-order chi connectivity index (χ1) is 13.9. The first-order valence-corrected chi connectivity index (χ1v) is 8.66. The molecule has 2 aromatic rings. The van der Waals surface area contributed by atoms with Gasteiger partial charge in [-0.2, -0.15) is 8.78 Å². The second-order valence-electron chi connectivity index (χ2n) is 6.02. The second kappa shape index (κ2) is 8.76. The Balaban J connectivity index is 1.70. The number of carbonyl (C=O) groups is 2. The van der Waals surface area contributed by atoms with E-state index in [0.717, 1.165) is 0 Å². The van der Waals surface area contributed by atoms with Crippen molar-refractivity contribution in [2.75, 3.05) is 20.3 Å². The Morgan fingerprint density at radius 2 is 1.72 bits per heavy atom. The number of methoxy groups -OCH3 is 1. The molecule has 1 aliphatic heterocycles. The predicted octanol–water partition coefficient (Wildman–Crippen LogP) is 3.50. The summed E-state index contributed by atoms with van der Waals surface area (Å²) in [4.78, 5) is 25.0. The van der Waals surface area contributed by atoms with Gasteiger partial charge >= 0.3 is 12.6 Å². The van der Waals surface area contributed by atoms with E-state index in [1.807, 2.05) is 0 Å². The van der Waals surface area contributed by atoms with Crippen LogP contribution < -0.4 is 18.9 Å². The zero-order valence-electron chi connectivity index (χ0n) is 15.6. The van der Waals surface area contributed by atoms with E-state index in [0.29, 0.717) is 30.5 Å². The third-order valence-electron chi connectivity index (χ3n) is 4.08. The highest BCUT2D eigenvalue weighted by Crippen LogP contribution is 2.40. The zero-order chi connectivity index (χ0) is 21.0. The van der Waals surface area contributed by atoms with E-state index in [4.69, 9.17) is 18.9 Å². The van der Waals surface area contributed by atoms with Gasteiger partial charge in [0.05, 0.1) is 12.7 Å². The van der Waals surface area contributed by atoms with Crippen LogP contribution in [-0.2, 0) is 4.74 Å². The number of alkyl halides is 2. The molecule has 0 saturated carbocycles. The number of benzene rings is 2. The molecule has 0 spiro atoms. The molecule has 0 aromatic heterocycles. The van der Waals surface area contributed by atoms with Crippen molar-refractivity contribution >= 4 is 11.8 Å². The van der Waals surface area contributed by atoms with E-state index >= 15 is 0 Å². The minimum Gasteiger partial charge on any atom is -0.493 e. The van der Waals surface area contributed by atoms with Gasteiger partial charge in [-0.05, 0) is 43.3 Å². The van der Waals surface area contributed by atoms with Crippen molar-refractivity contribution in [3.8, 4) is 23.0 Å². The summed E-state index contributed by atoms with van der Waals surface area (Å²) < 4.78 is 50.0. The molecule has 154 valence electrons. The molecular formula is C20H18F2O7. The van der Waals surface area contributed by atoms with E-state index in [1.165, 1.54) is 50.4 Å². The molecule has 0 fully saturated rings. The van der Waals surface area contributed by atoms with Crippen molar-refractivity contribution < 1.29 is 42.1 Å². The van der Waals surface area contributed by atoms with E-state index in [9.17, 15) is 18.4 Å². The van der Waals surface area contributed by atoms with Crippen LogP contribution in [0.4, 0.5) is 8.78 Å². The Bertz CT molecular complexity index is 879. The van der Waals surface area contributed by atoms with Crippen LogP contribution in [0, 0.1) is 0 Å². The van der Waals surface area contributed by atoms with Crippen LogP contribution in [0.5, 0.6) is 23.0 Å². The van der Waals surface area contributed by atoms with E-state index < -0.39 is 24.5 Å². The second-order valence-corrected chi connectivity index (χ2v) is 6.02. The third-order valence-corrected chi connectivity index (χ3v) is 4.08. The highest BCUT2D eigenvalue weighted by molar-refractivity contribution is 6.01. The van der Waals surface area contributed by atoms with Crippen molar-refractivity contribution in [2.24, 2.45) is 0 Å². The minimum atomic E-state index is -2.96. The van der Waals surface area contributed by atoms with Gasteiger partial charge < -0.3 is 23.7 Å². The first-order valence-electron chi connectivity index (χ1n) is 8.66. The molecule has 1 atom stereocenters. The van der Waals surface area contributed by atoms with Gasteiger partial charge in [0.1, 0.15) is 19.0 Å². The van der Waals surface area contributed by atoms with Crippen LogP contribution in [0.2, 0.25) is 0 Å². The van der Waals surface area contributed by atoms with E-state index in [1.54, 1.807) is 0 Å². The highest BCUT2D eigenvalue weighted by Gasteiger charge is 2.25. The van der Waals surface area contributed by atoms with Crippen LogP contribution in [0.1, 0.15) is 27.6 Å². The standard InChI is InChI=1S/C20H18F2O7/c1-11(17(23)12-3-5-14(6-4-12)29-20(21)22)28-19(24)13-9-15(25-2)18-16(10-13)26-7-8-27-18/h3-6,9-11,20H,7-8H2,1-2H3/t11-/m1/s1. The Morgan fingerprint density at radius 1 is 1.03 bits per heavy atom. The third kappa shape index (κ3) is 4.74. The minimum absolute atomic E-state index is 0.0791. The maximum Gasteiger partial charge on any atom is 0.387 e. The van der Waals surface area contributed by atoms with Crippen molar-refractivity contribution in [1.82, 2.24) is 0 Å². The van der Waals surface area contributed by atoms with Crippen molar-refractivity contribution in [1.29, 1.82) is 0 Å². The Morgan fingerprint density at radius 3 is 2.38 bits per heavy atom. The van der Waals surface area contributed by atoms with Crippen molar-refractivity contribution in [3.05, 3.63) is 47.5 Å². The summed E-state index contributed by atoms with van der Waals surface area (Å²) in [6, 6.07) is 7.99. The van der Waals surface area contributed by atoms with E-state index in [-0.39, 0.29) is 16.9 Å². The van der Waals surface area contributed by atoms with Crippen LogP contribution in [0.3, 0.4) is 0 Å². The Hall–Kier alpha value is -3.36. The number of fused-ring (bicyclic) bond motifs is 1. The largest absolute Gasteiger partial charge is 0.493 e. The van der Waals surface area contributed by atoms with Gasteiger partial charge in [0, 0.05) is 5.56 Å². The SMILES string of the molecule is COc1cc(C(=O)O[C@H](C)C(=O)c2ccc(OC(F)F)cc2)cc2c1OCCO2. The summed E-state index contributed by atoms with van der Waals surface area (Å²) in [6.45, 7) is -0.854. The number of rotatable bonds is 7.